The van der Waals surface area contributed by atoms with Gasteiger partial charge >= 0.3 is 6.18 Å². The van der Waals surface area contributed by atoms with Crippen LogP contribution < -0.4 is 15.4 Å². The summed E-state index contributed by atoms with van der Waals surface area (Å²) < 4.78 is 45.8. The molecule has 0 saturated carbocycles. The van der Waals surface area contributed by atoms with Gasteiger partial charge in [-0.1, -0.05) is 13.3 Å². The number of ether oxygens (including phenoxy) is 1. The number of piperidine rings is 3. The summed E-state index contributed by atoms with van der Waals surface area (Å²) in [7, 11) is 1.64. The number of aromatic nitrogens is 1. The summed E-state index contributed by atoms with van der Waals surface area (Å²) in [4.78, 5) is 7.11. The van der Waals surface area contributed by atoms with E-state index in [1.54, 1.807) is 26.3 Å². The molecule has 1 aromatic heterocycles. The molecule has 3 aromatic rings. The van der Waals surface area contributed by atoms with Crippen LogP contribution in [0.1, 0.15) is 48.9 Å². The fourth-order valence-electron chi connectivity index (χ4n) is 6.24. The Balaban J connectivity index is 1.49. The smallest absolute Gasteiger partial charge is 0.416 e. The summed E-state index contributed by atoms with van der Waals surface area (Å²) in [5.41, 5.74) is 2.02. The van der Waals surface area contributed by atoms with Crippen LogP contribution in [0.2, 0.25) is 0 Å². The van der Waals surface area contributed by atoms with E-state index in [9.17, 15) is 13.2 Å². The number of methoxy groups -OCH3 is 1. The average molecular weight is 543 g/mol. The number of fused-ring (bicyclic) bond motifs is 4. The summed E-state index contributed by atoms with van der Waals surface area (Å²) in [5, 5.41) is 7.79. The molecule has 5 nitrogen and oxygen atoms in total. The molecule has 0 amide bonds. The van der Waals surface area contributed by atoms with Gasteiger partial charge in [-0.3, -0.25) is 9.88 Å². The number of aryl methyl sites for hydroxylation is 1. The van der Waals surface area contributed by atoms with Gasteiger partial charge < -0.3 is 15.4 Å². The lowest BCUT2D eigenvalue weighted by Gasteiger charge is -2.52. The van der Waals surface area contributed by atoms with E-state index in [2.05, 4.69) is 27.4 Å². The van der Waals surface area contributed by atoms with Crippen LogP contribution in [0.5, 0.6) is 5.75 Å². The Kier molecular flexibility index (Phi) is 7.51. The molecule has 6 rings (SSSR count). The maximum atomic E-state index is 13.4. The van der Waals surface area contributed by atoms with E-state index in [1.165, 1.54) is 6.42 Å². The number of thiocarbonyl (C=S) groups is 1. The fraction of sp³-hybridized carbons (Fsp3) is 0.448. The van der Waals surface area contributed by atoms with E-state index in [1.807, 2.05) is 24.3 Å². The largest absolute Gasteiger partial charge is 0.497 e. The van der Waals surface area contributed by atoms with Crippen LogP contribution in [-0.4, -0.2) is 41.2 Å². The molecule has 2 bridgehead atoms. The Labute approximate surface area is 226 Å². The van der Waals surface area contributed by atoms with Crippen LogP contribution in [0.4, 0.5) is 18.9 Å². The lowest BCUT2D eigenvalue weighted by atomic mass is 9.72. The Morgan fingerprint density at radius 3 is 2.71 bits per heavy atom. The van der Waals surface area contributed by atoms with Gasteiger partial charge in [-0.25, -0.2) is 0 Å². The van der Waals surface area contributed by atoms with E-state index in [0.29, 0.717) is 23.1 Å². The lowest BCUT2D eigenvalue weighted by molar-refractivity contribution is -0.137. The molecule has 0 radical (unpaired) electrons. The number of nitrogens with zero attached hydrogens (tertiary/aromatic N) is 2. The van der Waals surface area contributed by atoms with Crippen molar-refractivity contribution in [2.45, 2.75) is 51.4 Å². The minimum absolute atomic E-state index is 0.180. The van der Waals surface area contributed by atoms with Crippen molar-refractivity contribution in [1.82, 2.24) is 15.2 Å². The number of benzene rings is 2. The molecular formula is C29H33F3N4OS. The zero-order valence-electron chi connectivity index (χ0n) is 21.8. The van der Waals surface area contributed by atoms with E-state index in [0.717, 1.165) is 60.3 Å². The van der Waals surface area contributed by atoms with Crippen LogP contribution in [0.15, 0.2) is 48.7 Å². The van der Waals surface area contributed by atoms with Crippen LogP contribution in [0.3, 0.4) is 0 Å². The van der Waals surface area contributed by atoms with Gasteiger partial charge in [0.1, 0.15) is 5.75 Å². The molecule has 0 aliphatic carbocycles. The van der Waals surface area contributed by atoms with Crippen LogP contribution in [0.25, 0.3) is 10.9 Å². The van der Waals surface area contributed by atoms with Crippen molar-refractivity contribution in [3.63, 3.8) is 0 Å². The lowest BCUT2D eigenvalue weighted by Crippen LogP contribution is -2.58. The fourth-order valence-corrected chi connectivity index (χ4v) is 6.49. The van der Waals surface area contributed by atoms with Gasteiger partial charge in [0.05, 0.1) is 24.2 Å². The third-order valence-electron chi connectivity index (χ3n) is 8.11. The van der Waals surface area contributed by atoms with Gasteiger partial charge in [-0.15, -0.1) is 0 Å². The Bertz CT molecular complexity index is 1330. The van der Waals surface area contributed by atoms with Crippen molar-refractivity contribution in [2.24, 2.45) is 11.8 Å². The molecule has 0 spiro atoms. The monoisotopic (exact) mass is 542 g/mol. The van der Waals surface area contributed by atoms with Crippen LogP contribution in [0, 0.1) is 18.8 Å². The minimum Gasteiger partial charge on any atom is -0.497 e. The van der Waals surface area contributed by atoms with Crippen molar-refractivity contribution in [3.05, 3.63) is 65.4 Å². The molecule has 2 aromatic carbocycles. The van der Waals surface area contributed by atoms with Gasteiger partial charge in [-0.2, -0.15) is 13.2 Å². The number of hydrogen-bond donors (Lipinski definition) is 2. The highest BCUT2D eigenvalue weighted by atomic mass is 32.1. The molecule has 2 N–H and O–H groups in total. The maximum absolute atomic E-state index is 13.4. The van der Waals surface area contributed by atoms with Crippen molar-refractivity contribution in [1.29, 1.82) is 0 Å². The summed E-state index contributed by atoms with van der Waals surface area (Å²) in [6, 6.07) is 11.7. The number of hydrogen-bond acceptors (Lipinski definition) is 4. The minimum atomic E-state index is -4.43. The number of nitrogens with one attached hydrogen (secondary N) is 2. The van der Waals surface area contributed by atoms with Gasteiger partial charge in [0.2, 0.25) is 0 Å². The first kappa shape index (κ1) is 26.7. The van der Waals surface area contributed by atoms with E-state index >= 15 is 0 Å². The second-order valence-corrected chi connectivity index (χ2v) is 10.9. The van der Waals surface area contributed by atoms with Gasteiger partial charge in [-0.05, 0) is 104 Å². The molecule has 3 unspecified atom stereocenters. The SMILES string of the molecule is CCC1CN2CCC1C[C@@H]2[C@H](NC(=S)Nc1cc(C)cc(C(F)(F)F)c1)c1ccnc2ccc(OC)cc12. The zero-order chi connectivity index (χ0) is 27.0. The molecular weight excluding hydrogens is 509 g/mol. The van der Waals surface area contributed by atoms with E-state index < -0.39 is 11.7 Å². The number of alkyl halides is 3. The van der Waals surface area contributed by atoms with Crippen LogP contribution in [-0.2, 0) is 6.18 Å². The molecule has 3 aliphatic heterocycles. The molecule has 38 heavy (non-hydrogen) atoms. The highest BCUT2D eigenvalue weighted by molar-refractivity contribution is 7.80. The first-order valence-corrected chi connectivity index (χ1v) is 13.5. The first-order valence-electron chi connectivity index (χ1n) is 13.1. The Hall–Kier alpha value is -2.91. The summed E-state index contributed by atoms with van der Waals surface area (Å²) >= 11 is 5.70. The zero-order valence-corrected chi connectivity index (χ0v) is 22.6. The number of halogens is 3. The molecule has 3 fully saturated rings. The van der Waals surface area contributed by atoms with Gasteiger partial charge in [0, 0.05) is 29.9 Å². The third-order valence-corrected chi connectivity index (χ3v) is 8.33. The quantitative estimate of drug-likeness (QED) is 0.338. The molecule has 3 aliphatic rings. The van der Waals surface area contributed by atoms with E-state index in [-0.39, 0.29) is 17.2 Å². The predicted molar refractivity (Wildman–Crippen MR) is 148 cm³/mol. The molecule has 202 valence electrons. The van der Waals surface area contributed by atoms with Gasteiger partial charge in [0.25, 0.3) is 0 Å². The number of pyridine rings is 1. The van der Waals surface area contributed by atoms with Gasteiger partial charge in [0.15, 0.2) is 5.11 Å². The van der Waals surface area contributed by atoms with E-state index in [4.69, 9.17) is 17.0 Å². The predicted octanol–water partition coefficient (Wildman–Crippen LogP) is 6.72. The van der Waals surface area contributed by atoms with Crippen LogP contribution >= 0.6 is 12.2 Å². The number of anilines is 1. The summed E-state index contributed by atoms with van der Waals surface area (Å²) in [5.74, 6) is 2.07. The molecule has 4 heterocycles. The molecule has 3 saturated heterocycles. The standard InChI is InChI=1S/C29H33F3N4OS/c1-4-18-16-36-10-8-19(18)13-26(36)27(23-7-9-33-25-6-5-22(37-3)15-24(23)25)35-28(38)34-21-12-17(2)11-20(14-21)29(30,31)32/h5-7,9,11-12,14-15,18-19,26-27H,4,8,10,13,16H2,1-3H3,(H2,34,35,38)/t18?,19?,26-,27-/m1/s1. The summed E-state index contributed by atoms with van der Waals surface area (Å²) in [6.45, 7) is 5.98. The average Bonchev–Trinajstić information content (AvgIpc) is 2.90. The van der Waals surface area contributed by atoms with Crippen molar-refractivity contribution in [2.75, 3.05) is 25.5 Å². The molecule has 5 atom stereocenters. The third kappa shape index (κ3) is 5.45. The Morgan fingerprint density at radius 1 is 1.21 bits per heavy atom. The second-order valence-electron chi connectivity index (χ2n) is 10.5. The highest BCUT2D eigenvalue weighted by Crippen LogP contribution is 2.43. The Morgan fingerprint density at radius 2 is 2.03 bits per heavy atom. The highest BCUT2D eigenvalue weighted by Gasteiger charge is 2.43. The van der Waals surface area contributed by atoms with Crippen molar-refractivity contribution < 1.29 is 17.9 Å². The maximum Gasteiger partial charge on any atom is 0.416 e. The first-order chi connectivity index (χ1) is 18.2. The molecule has 9 heteroatoms. The normalized spacial score (nSPS) is 23.7. The second kappa shape index (κ2) is 10.7. The topological polar surface area (TPSA) is 49.4 Å². The number of rotatable bonds is 6. The summed E-state index contributed by atoms with van der Waals surface area (Å²) in [6.07, 6.45) is 0.764. The van der Waals surface area contributed by atoms with Crippen molar-refractivity contribution in [3.8, 4) is 5.75 Å². The van der Waals surface area contributed by atoms with Crippen molar-refractivity contribution >= 4 is 33.9 Å².